The lowest BCUT2D eigenvalue weighted by molar-refractivity contribution is -0.841. The van der Waals surface area contributed by atoms with E-state index in [1.54, 1.807) is 0 Å². The monoisotopic (exact) mass is 496 g/mol. The number of likely N-dealkylation sites (N-methyl/N-ethyl adjacent to an activating group) is 2. The molecule has 2 aromatic rings. The Bertz CT molecular complexity index is 2020. The van der Waals surface area contributed by atoms with Crippen LogP contribution in [0.15, 0.2) is 22.3 Å². The van der Waals surface area contributed by atoms with Gasteiger partial charge in [0.1, 0.15) is 36.4 Å². The summed E-state index contributed by atoms with van der Waals surface area (Å²) in [6.07, 6.45) is 0. The summed E-state index contributed by atoms with van der Waals surface area (Å²) < 4.78 is 20.3. The molecule has 0 fully saturated rings. The summed E-state index contributed by atoms with van der Waals surface area (Å²) in [5.74, 6) is 7.01. The van der Waals surface area contributed by atoms with Gasteiger partial charge in [-0.25, -0.2) is 4.58 Å². The van der Waals surface area contributed by atoms with Crippen LogP contribution in [0.5, 0.6) is 0 Å². The molecule has 6 aliphatic rings. The Balaban J connectivity index is 1.82. The smallest absolute Gasteiger partial charge is 0.233 e. The second-order valence-electron chi connectivity index (χ2n) is 11.8. The van der Waals surface area contributed by atoms with E-state index in [0.717, 1.165) is 0 Å². The average Bonchev–Trinajstić information content (AvgIpc) is 3.48. The normalized spacial score (nSPS) is 24.6. The van der Waals surface area contributed by atoms with Crippen LogP contribution < -0.4 is 20.1 Å². The summed E-state index contributed by atoms with van der Waals surface area (Å²) in [5, 5.41) is 0. The molecule has 0 aromatic carbocycles. The summed E-state index contributed by atoms with van der Waals surface area (Å²) in [5.41, 5.74) is 13.3. The molecule has 0 amide bonds. The summed E-state index contributed by atoms with van der Waals surface area (Å²) in [4.78, 5) is 0. The van der Waals surface area contributed by atoms with Crippen molar-refractivity contribution in [2.75, 3.05) is 28.2 Å². The van der Waals surface area contributed by atoms with E-state index in [0.29, 0.717) is 0 Å². The molecule has 1 spiro atoms. The summed E-state index contributed by atoms with van der Waals surface area (Å²) >= 11 is 0. The van der Waals surface area contributed by atoms with Gasteiger partial charge in [-0.1, -0.05) is 4.58 Å². The van der Waals surface area contributed by atoms with Gasteiger partial charge < -0.3 is 0 Å². The molecule has 8 rings (SSSR count). The van der Waals surface area contributed by atoms with Crippen molar-refractivity contribution < 1.29 is 18.3 Å². The minimum Gasteiger partial charge on any atom is -0.233 e. The maximum atomic E-state index is 2.63. The van der Waals surface area contributed by atoms with Crippen LogP contribution in [0.25, 0.3) is 0 Å². The zero-order valence-electron chi connectivity index (χ0n) is 24.1. The molecular weight excluding hydrogens is 460 g/mol. The second kappa shape index (κ2) is 5.74. The second-order valence-corrected chi connectivity index (χ2v) is 11.8. The molecule has 0 N–H and O–H groups in total. The van der Waals surface area contributed by atoms with Gasteiger partial charge in [-0.15, -0.1) is 9.15 Å². The number of rotatable bonds is 0. The third-order valence-electron chi connectivity index (χ3n) is 10.4. The van der Waals surface area contributed by atoms with Crippen LogP contribution in [0.1, 0.15) is 49.9 Å². The molecule has 8 nitrogen and oxygen atoms in total. The first-order valence-electron chi connectivity index (χ1n) is 13.3. The van der Waals surface area contributed by atoms with Crippen molar-refractivity contribution in [1.82, 2.24) is 18.3 Å². The third-order valence-corrected chi connectivity index (χ3v) is 10.4. The quantitative estimate of drug-likeness (QED) is 0.483. The maximum absolute atomic E-state index is 2.63. The first-order valence-corrected chi connectivity index (χ1v) is 13.3. The highest BCUT2D eigenvalue weighted by molar-refractivity contribution is 6.15. The van der Waals surface area contributed by atoms with E-state index in [1.165, 1.54) is 90.5 Å². The zero-order valence-corrected chi connectivity index (χ0v) is 24.1. The molecule has 186 valence electrons. The topological polar surface area (TPSA) is 27.9 Å². The van der Waals surface area contributed by atoms with E-state index in [-0.39, 0.29) is 0 Å². The van der Waals surface area contributed by atoms with E-state index in [1.807, 2.05) is 0 Å². The highest BCUT2D eigenvalue weighted by atomic mass is 15.7. The molecule has 2 aromatic heterocycles. The van der Waals surface area contributed by atoms with Crippen molar-refractivity contribution in [1.29, 1.82) is 0 Å². The molecule has 6 aliphatic heterocycles. The lowest BCUT2D eigenvalue weighted by atomic mass is 10.1. The fraction of sp³-hybridized carbons (Fsp3) is 0.448. The highest BCUT2D eigenvalue weighted by Gasteiger charge is 2.88. The standard InChI is InChI=1S/C29H36N8/c1-13-14(2)22-31(10)24-17(5)18(6)26-33(12)28-20(8)19(7)27-32(11)25-16(4)15(3)23-30(9)21(13)34(22)29(35(23)25,36(24)26)37(27)28/h1-12H3/q+6. The number of amidine groups is 4. The molecular formula is C29H36N8+6. The van der Waals surface area contributed by atoms with Crippen LogP contribution >= 0.6 is 0 Å². The Kier molecular flexibility index (Phi) is 3.32. The lowest BCUT2D eigenvalue weighted by Crippen LogP contribution is -2.77. The van der Waals surface area contributed by atoms with Crippen LogP contribution in [-0.2, 0) is 5.91 Å². The Morgan fingerprint density at radius 1 is 0.432 bits per heavy atom. The van der Waals surface area contributed by atoms with E-state index in [9.17, 15) is 0 Å². The Hall–Kier alpha value is -3.68. The van der Waals surface area contributed by atoms with Gasteiger partial charge in [0.2, 0.25) is 0 Å². The van der Waals surface area contributed by atoms with Gasteiger partial charge in [0.25, 0.3) is 11.3 Å². The van der Waals surface area contributed by atoms with E-state index < -0.39 is 5.91 Å². The lowest BCUT2D eigenvalue weighted by Gasteiger charge is -2.28. The van der Waals surface area contributed by atoms with Crippen molar-refractivity contribution in [2.24, 2.45) is 0 Å². The predicted molar refractivity (Wildman–Crippen MR) is 144 cm³/mol. The zero-order chi connectivity index (χ0) is 26.4. The Labute approximate surface area is 216 Å². The minimum atomic E-state index is -0.626. The molecule has 0 bridgehead atoms. The highest BCUT2D eigenvalue weighted by Crippen LogP contribution is 2.48. The molecule has 0 radical (unpaired) electrons. The van der Waals surface area contributed by atoms with Gasteiger partial charge in [0.05, 0.1) is 27.3 Å². The summed E-state index contributed by atoms with van der Waals surface area (Å²) in [7, 11) is 8.99. The third kappa shape index (κ3) is 1.70. The Morgan fingerprint density at radius 3 is 1.38 bits per heavy atom. The molecule has 1 unspecified atom stereocenters. The number of nitrogens with zero attached hydrogens (tertiary/aromatic N) is 8. The first-order chi connectivity index (χ1) is 17.4. The van der Waals surface area contributed by atoms with E-state index in [2.05, 4.69) is 120 Å². The van der Waals surface area contributed by atoms with Gasteiger partial charge in [0.15, 0.2) is 7.05 Å². The first kappa shape index (κ1) is 21.4. The van der Waals surface area contributed by atoms with Gasteiger partial charge in [0, 0.05) is 11.1 Å². The average molecular weight is 497 g/mol. The van der Waals surface area contributed by atoms with Crippen LogP contribution in [0.3, 0.4) is 0 Å². The van der Waals surface area contributed by atoms with Crippen molar-refractivity contribution in [3.8, 4) is 0 Å². The van der Waals surface area contributed by atoms with E-state index in [4.69, 9.17) is 0 Å². The largest absolute Gasteiger partial charge is 0.664 e. The van der Waals surface area contributed by atoms with Crippen molar-refractivity contribution >= 4 is 35.0 Å². The van der Waals surface area contributed by atoms with Crippen molar-refractivity contribution in [2.45, 2.75) is 61.3 Å². The van der Waals surface area contributed by atoms with Crippen molar-refractivity contribution in [3.63, 3.8) is 0 Å². The predicted octanol–water partition coefficient (Wildman–Crippen LogP) is 0.802. The van der Waals surface area contributed by atoms with Crippen LogP contribution in [0.2, 0.25) is 0 Å². The number of hydrogen-bond acceptors (Lipinski definition) is 0. The summed E-state index contributed by atoms with van der Waals surface area (Å²) in [6.45, 7) is 18.4. The fourth-order valence-electron chi connectivity index (χ4n) is 8.43. The van der Waals surface area contributed by atoms with Crippen molar-refractivity contribution in [3.05, 3.63) is 55.5 Å². The SMILES string of the molecule is CC1=C(C)C2=[N+]3C1=[N+](C)C1=[N+]4C(=[N+](C)c5c(C)c(C)c6n5C43n3c(c(C)c(C)c3=[N+]6C)=[N+]2C)C(C)=C1C. The molecule has 8 heteroatoms. The Morgan fingerprint density at radius 2 is 0.838 bits per heavy atom. The molecule has 8 heterocycles. The number of hydrogen-bond donors (Lipinski definition) is 0. The van der Waals surface area contributed by atoms with Crippen LogP contribution in [-0.4, -0.2) is 79.0 Å². The minimum absolute atomic E-state index is 0.626. The van der Waals surface area contributed by atoms with Gasteiger partial charge >= 0.3 is 40.6 Å². The van der Waals surface area contributed by atoms with E-state index >= 15 is 0 Å². The summed E-state index contributed by atoms with van der Waals surface area (Å²) in [6, 6.07) is 0. The molecule has 1 atom stereocenters. The number of aromatic nitrogens is 2. The van der Waals surface area contributed by atoms with Gasteiger partial charge in [-0.2, -0.15) is 0 Å². The van der Waals surface area contributed by atoms with Crippen LogP contribution in [0.4, 0.5) is 11.6 Å². The molecule has 0 saturated carbocycles. The fourth-order valence-corrected chi connectivity index (χ4v) is 8.43. The maximum Gasteiger partial charge on any atom is 0.664 e. The van der Waals surface area contributed by atoms with Gasteiger partial charge in [-0.3, -0.25) is 0 Å². The molecule has 0 aliphatic carbocycles. The molecule has 37 heavy (non-hydrogen) atoms. The van der Waals surface area contributed by atoms with Gasteiger partial charge in [-0.05, 0) is 64.5 Å². The molecule has 0 saturated heterocycles. The van der Waals surface area contributed by atoms with Crippen LogP contribution in [0, 0.1) is 27.7 Å².